The van der Waals surface area contributed by atoms with Crippen LogP contribution in [0.2, 0.25) is 0 Å². The van der Waals surface area contributed by atoms with Crippen LogP contribution in [0.15, 0.2) is 0 Å². The van der Waals surface area contributed by atoms with Gasteiger partial charge in [-0.2, -0.15) is 13.3 Å². The average molecular weight is 217 g/mol. The molecule has 0 rings (SSSR count). The van der Waals surface area contributed by atoms with Gasteiger partial charge in [0.1, 0.15) is 5.78 Å². The zero-order chi connectivity index (χ0) is 7.70. The van der Waals surface area contributed by atoms with E-state index in [1.165, 1.54) is 0 Å². The Morgan fingerprint density at radius 1 is 1.40 bits per heavy atom. The van der Waals surface area contributed by atoms with Crippen LogP contribution in [0.25, 0.3) is 0 Å². The number of hydrogen-bond donors (Lipinski definition) is 0. The molecule has 0 bridgehead atoms. The molecule has 0 unspecified atom stereocenters. The van der Waals surface area contributed by atoms with Gasteiger partial charge in [0.2, 0.25) is 0 Å². The van der Waals surface area contributed by atoms with Crippen molar-refractivity contribution in [3.63, 3.8) is 0 Å². The second-order valence-corrected chi connectivity index (χ2v) is 1.66. The predicted octanol–water partition coefficient (Wildman–Crippen LogP) is 2.42. The molecule has 0 saturated heterocycles. The van der Waals surface area contributed by atoms with Crippen molar-refractivity contribution in [3.8, 4) is 0 Å². The molecule has 59 valence electrons. The second-order valence-electron chi connectivity index (χ2n) is 1.66. The van der Waals surface area contributed by atoms with Gasteiger partial charge in [-0.3, -0.25) is 0 Å². The Hall–Kier alpha value is 0.774. The summed E-state index contributed by atoms with van der Waals surface area (Å²) in [7, 11) is 0. The van der Waals surface area contributed by atoms with Crippen LogP contribution in [0, 0.1) is 13.8 Å². The Kier molecular flexibility index (Phi) is 27.9. The van der Waals surface area contributed by atoms with E-state index in [0.29, 0.717) is 6.42 Å². The van der Waals surface area contributed by atoms with Crippen molar-refractivity contribution >= 4 is 5.78 Å². The summed E-state index contributed by atoms with van der Waals surface area (Å²) >= 11 is 0. The molecule has 1 radical (unpaired) electrons. The Morgan fingerprint density at radius 3 is 1.90 bits per heavy atom. The number of rotatable bonds is 3. The van der Waals surface area contributed by atoms with Crippen LogP contribution in [0.5, 0.6) is 0 Å². The summed E-state index contributed by atoms with van der Waals surface area (Å²) in [4.78, 5) is 10.2. The number of Topliss-reactive ketones (excluding diaryl/α,β-unsaturated/α-hetero) is 1. The molecular formula is C8H16OY-2. The number of carbonyl (C=O) groups is 1. The fourth-order valence-electron chi connectivity index (χ4n) is 0.374. The number of ketones is 1. The minimum Gasteiger partial charge on any atom is -0.346 e. The van der Waals surface area contributed by atoms with Crippen LogP contribution >= 0.6 is 0 Å². The van der Waals surface area contributed by atoms with Crippen molar-refractivity contribution in [3.05, 3.63) is 13.8 Å². The molecule has 10 heavy (non-hydrogen) atoms. The van der Waals surface area contributed by atoms with Crippen molar-refractivity contribution in [2.75, 3.05) is 0 Å². The Labute approximate surface area is 89.8 Å². The van der Waals surface area contributed by atoms with E-state index in [1.54, 1.807) is 13.8 Å². The number of hydrogen-bond acceptors (Lipinski definition) is 1. The normalized spacial score (nSPS) is 6.80. The molecule has 0 aromatic heterocycles. The van der Waals surface area contributed by atoms with Gasteiger partial charge in [0.15, 0.2) is 0 Å². The molecule has 0 spiro atoms. The minimum absolute atomic E-state index is 0. The van der Waals surface area contributed by atoms with E-state index < -0.39 is 0 Å². The Bertz CT molecular complexity index is 62.3. The maximum Gasteiger partial charge on any atom is 0.129 e. The first-order valence-corrected chi connectivity index (χ1v) is 3.26. The summed E-state index contributed by atoms with van der Waals surface area (Å²) in [6.07, 6.45) is 2.51. The van der Waals surface area contributed by atoms with E-state index in [0.717, 1.165) is 12.8 Å². The SMILES string of the molecule is [CH2-]C.[CH2-]CCCC(C)=O.[Y]. The molecule has 0 fully saturated rings. The van der Waals surface area contributed by atoms with Crippen molar-refractivity contribution in [1.29, 1.82) is 0 Å². The monoisotopic (exact) mass is 217 g/mol. The van der Waals surface area contributed by atoms with Gasteiger partial charge in [-0.05, 0) is 6.92 Å². The molecule has 0 heterocycles. The first-order chi connectivity index (χ1) is 4.27. The Morgan fingerprint density at radius 2 is 1.80 bits per heavy atom. The van der Waals surface area contributed by atoms with E-state index in [-0.39, 0.29) is 38.5 Å². The molecular weight excluding hydrogens is 201 g/mol. The molecule has 0 atom stereocenters. The Balaban J connectivity index is -0.000000149. The summed E-state index contributed by atoms with van der Waals surface area (Å²) in [5, 5.41) is 0. The van der Waals surface area contributed by atoms with Crippen molar-refractivity contribution in [2.24, 2.45) is 0 Å². The quantitative estimate of drug-likeness (QED) is 0.663. The van der Waals surface area contributed by atoms with Crippen LogP contribution in [-0.2, 0) is 37.5 Å². The average Bonchev–Trinajstić information content (AvgIpc) is 1.88. The zero-order valence-corrected chi connectivity index (χ0v) is 9.86. The standard InChI is InChI=1S/C6H11O.C2H5.Y/c1-3-4-5-6(2)7;1-2;/h1,3-5H2,2H3;1H2,2H3;/q2*-1;. The second kappa shape index (κ2) is 16.4. The molecule has 0 N–H and O–H groups in total. The third-order valence-electron chi connectivity index (χ3n) is 0.779. The summed E-state index contributed by atoms with van der Waals surface area (Å²) in [6.45, 7) is 10.2. The summed E-state index contributed by atoms with van der Waals surface area (Å²) in [5.41, 5.74) is 0. The van der Waals surface area contributed by atoms with E-state index in [9.17, 15) is 4.79 Å². The largest absolute Gasteiger partial charge is 0.346 e. The fourth-order valence-corrected chi connectivity index (χ4v) is 0.374. The van der Waals surface area contributed by atoms with Crippen LogP contribution in [0.4, 0.5) is 0 Å². The van der Waals surface area contributed by atoms with Gasteiger partial charge in [-0.1, -0.05) is 6.42 Å². The number of carbonyl (C=O) groups excluding carboxylic acids is 1. The molecule has 0 aliphatic carbocycles. The third kappa shape index (κ3) is 23.3. The van der Waals surface area contributed by atoms with Gasteiger partial charge >= 0.3 is 0 Å². The van der Waals surface area contributed by atoms with E-state index in [1.807, 2.05) is 0 Å². The molecule has 0 aliphatic rings. The molecule has 0 amide bonds. The maximum atomic E-state index is 10.2. The van der Waals surface area contributed by atoms with Gasteiger partial charge in [-0.15, -0.1) is 0 Å². The van der Waals surface area contributed by atoms with Crippen LogP contribution < -0.4 is 0 Å². The first kappa shape index (κ1) is 17.0. The molecule has 0 aromatic carbocycles. The van der Waals surface area contributed by atoms with E-state index >= 15 is 0 Å². The molecule has 0 aromatic rings. The van der Waals surface area contributed by atoms with Gasteiger partial charge in [-0.25, -0.2) is 0 Å². The summed E-state index contributed by atoms with van der Waals surface area (Å²) in [5.74, 6) is 0.267. The van der Waals surface area contributed by atoms with Gasteiger partial charge in [0.25, 0.3) is 0 Å². The van der Waals surface area contributed by atoms with E-state index in [2.05, 4.69) is 13.8 Å². The topological polar surface area (TPSA) is 17.1 Å². The first-order valence-electron chi connectivity index (χ1n) is 3.26. The van der Waals surface area contributed by atoms with Gasteiger partial charge in [0.05, 0.1) is 0 Å². The van der Waals surface area contributed by atoms with Gasteiger partial charge in [0, 0.05) is 39.1 Å². The van der Waals surface area contributed by atoms with Crippen LogP contribution in [0.3, 0.4) is 0 Å². The van der Waals surface area contributed by atoms with Crippen molar-refractivity contribution < 1.29 is 37.5 Å². The molecule has 0 saturated carbocycles. The van der Waals surface area contributed by atoms with E-state index in [4.69, 9.17) is 0 Å². The van der Waals surface area contributed by atoms with Crippen molar-refractivity contribution in [2.45, 2.75) is 33.1 Å². The third-order valence-corrected chi connectivity index (χ3v) is 0.779. The number of unbranched alkanes of at least 4 members (excludes halogenated alkanes) is 1. The van der Waals surface area contributed by atoms with Crippen molar-refractivity contribution in [1.82, 2.24) is 0 Å². The minimum atomic E-state index is 0. The summed E-state index contributed by atoms with van der Waals surface area (Å²) in [6, 6.07) is 0. The van der Waals surface area contributed by atoms with Crippen LogP contribution in [0.1, 0.15) is 33.1 Å². The molecule has 0 aliphatic heterocycles. The maximum absolute atomic E-state index is 10.2. The molecule has 2 heteroatoms. The predicted molar refractivity (Wildman–Crippen MR) is 40.9 cm³/mol. The van der Waals surface area contributed by atoms with Gasteiger partial charge < -0.3 is 18.6 Å². The van der Waals surface area contributed by atoms with Crippen LogP contribution in [-0.4, -0.2) is 5.78 Å². The smallest absolute Gasteiger partial charge is 0.129 e. The zero-order valence-electron chi connectivity index (χ0n) is 7.02. The molecule has 1 nitrogen and oxygen atoms in total. The fraction of sp³-hybridized carbons (Fsp3) is 0.625. The summed E-state index contributed by atoms with van der Waals surface area (Å²) < 4.78 is 0.